The molecule has 0 spiro atoms. The molecule has 10 aromatic rings. The van der Waals surface area contributed by atoms with Gasteiger partial charge in [-0.05, 0) is 185 Å². The summed E-state index contributed by atoms with van der Waals surface area (Å²) in [4.78, 5) is 45.1. The lowest BCUT2D eigenvalue weighted by atomic mass is 9.89. The average Bonchev–Trinajstić information content (AvgIpc) is 0.809. The molecule has 574 valence electrons. The number of hydrogen-bond acceptors (Lipinski definition) is 9. The normalized spacial score (nSPS) is 12.7. The van der Waals surface area contributed by atoms with E-state index < -0.39 is 69.9 Å². The van der Waals surface area contributed by atoms with Crippen molar-refractivity contribution < 1.29 is 75.8 Å². The number of halogens is 7. The van der Waals surface area contributed by atoms with E-state index >= 15 is 0 Å². The van der Waals surface area contributed by atoms with Crippen molar-refractivity contribution in [3.63, 3.8) is 0 Å². The van der Waals surface area contributed by atoms with Crippen molar-refractivity contribution in [2.75, 3.05) is 6.61 Å². The summed E-state index contributed by atoms with van der Waals surface area (Å²) < 4.78 is 90.8. The minimum absolute atomic E-state index is 0.00830. The summed E-state index contributed by atoms with van der Waals surface area (Å²) in [6.07, 6.45) is -0.403. The van der Waals surface area contributed by atoms with Crippen molar-refractivity contribution in [2.45, 2.75) is 164 Å². The second kappa shape index (κ2) is 38.2. The molecule has 0 bridgehead atoms. The highest BCUT2D eigenvalue weighted by Gasteiger charge is 2.33. The minimum Gasteiger partial charge on any atom is -0.509 e. The Morgan fingerprint density at radius 2 is 0.688 bits per heavy atom. The van der Waals surface area contributed by atoms with E-state index in [9.17, 15) is 60.8 Å². The molecule has 0 saturated carbocycles. The highest BCUT2D eigenvalue weighted by atomic mass is 35.5. The molecule has 0 aliphatic carbocycles. The third-order valence-corrected chi connectivity index (χ3v) is 19.1. The van der Waals surface area contributed by atoms with Crippen molar-refractivity contribution in [1.29, 1.82) is 0 Å². The van der Waals surface area contributed by atoms with Crippen molar-refractivity contribution in [1.82, 2.24) is 0 Å². The number of aliphatic hydroxyl groups is 4. The Balaban J connectivity index is 0.000000213. The number of Topliss-reactive ketones (excluding diaryl/α,β-unsaturated/α-hetero) is 3. The standard InChI is InChI=1S/C19H21ClO2.C19H20F2O2.C19H22O2.C18H18F2O2.C17H16F2O2/c1-12(2)14-6-5-7-15(10-14)17-9-8-16(11-18(17)20)19(4,22)13(3)21;1-11(2)13-6-5-7-14(8-13)18-16(20)9-15(10-17(18)21)19(4,23)12(3)22;1-13(2)16-6-5-7-17(12-16)15-8-10-18(11-9-15)19(4,21)14(3)20;1-11(2)13-5-4-6-14(7-13)18-16(19)8-15(9-17(18)20)22-10-12(3)21;1-10(2)12-4-3-5-13(9-12)17-14(18)6-11(7-15(17)19)8-16(20)21/h5-12,22H,1-4H3;5-11,23H,1-4H3;5-13,21H,1-4H3;4-9,11,21H,3,10H2,1-2H3;3-7,9-10H,8H2,1-2H3,(H,20,21). The van der Waals surface area contributed by atoms with Gasteiger partial charge in [-0.1, -0.05) is 245 Å². The Labute approximate surface area is 641 Å². The first kappa shape index (κ1) is 87.7. The number of aliphatic carboxylic acids is 1. The fraction of sp³-hybridized carbons (Fsp3) is 0.283. The van der Waals surface area contributed by atoms with Gasteiger partial charge in [0.05, 0.1) is 23.1 Å². The van der Waals surface area contributed by atoms with E-state index in [1.807, 2.05) is 102 Å². The molecule has 5 N–H and O–H groups in total. The van der Waals surface area contributed by atoms with Gasteiger partial charge in [-0.2, -0.15) is 0 Å². The Morgan fingerprint density at radius 1 is 0.385 bits per heavy atom. The van der Waals surface area contributed by atoms with Gasteiger partial charge in [0.25, 0.3) is 0 Å². The second-order valence-electron chi connectivity index (χ2n) is 29.0. The summed E-state index contributed by atoms with van der Waals surface area (Å²) >= 11 is 6.38. The van der Waals surface area contributed by atoms with Gasteiger partial charge in [0, 0.05) is 22.7 Å². The lowest BCUT2D eigenvalue weighted by molar-refractivity contribution is -0.136. The first-order chi connectivity index (χ1) is 51.0. The molecule has 0 amide bonds. The van der Waals surface area contributed by atoms with Gasteiger partial charge in [0.15, 0.2) is 17.3 Å². The molecule has 0 saturated heterocycles. The maximum Gasteiger partial charge on any atom is 0.307 e. The van der Waals surface area contributed by atoms with Crippen molar-refractivity contribution in [3.05, 3.63) is 303 Å². The van der Waals surface area contributed by atoms with Crippen LogP contribution in [0.4, 0.5) is 26.3 Å². The van der Waals surface area contributed by atoms with E-state index in [2.05, 4.69) is 70.7 Å². The molecule has 0 aliphatic rings. The van der Waals surface area contributed by atoms with E-state index in [4.69, 9.17) is 26.6 Å². The second-order valence-corrected chi connectivity index (χ2v) is 29.4. The lowest BCUT2D eigenvalue weighted by Gasteiger charge is -2.21. The fourth-order valence-electron chi connectivity index (χ4n) is 11.3. The monoisotopic (exact) mass is 1510 g/mol. The third kappa shape index (κ3) is 23.4. The maximum atomic E-state index is 14.5. The highest BCUT2D eigenvalue weighted by Crippen LogP contribution is 2.38. The zero-order valence-electron chi connectivity index (χ0n) is 64.5. The number of carbonyl (C=O) groups excluding carboxylic acids is 3. The molecule has 0 aliphatic heterocycles. The van der Waals surface area contributed by atoms with Gasteiger partial charge < -0.3 is 30.3 Å². The Kier molecular flexibility index (Phi) is 30.7. The Hall–Kier alpha value is -10.2. The SMILES string of the molecule is C=C(O)COc1cc(F)c(-c2cccc(C(C)C)c2)c(F)c1.CC(=O)C(C)(O)c1cc(F)c(-c2cccc(C(C)C)c2)c(F)c1.CC(=O)C(C)(O)c1ccc(-c2cccc(C(C)C)c2)c(Cl)c1.CC(=O)C(C)(O)c1ccc(-c2cccc(C(C)C)c2)cc1.CC(C)c1cccc(-c2c(F)cc(CC(=O)O)cc2F)c1. The van der Waals surface area contributed by atoms with Crippen LogP contribution in [0.5, 0.6) is 5.75 Å². The number of benzene rings is 10. The van der Waals surface area contributed by atoms with Crippen molar-refractivity contribution in [2.24, 2.45) is 0 Å². The van der Waals surface area contributed by atoms with Gasteiger partial charge in [-0.25, -0.2) is 26.3 Å². The van der Waals surface area contributed by atoms with Crippen LogP contribution in [-0.4, -0.2) is 55.5 Å². The lowest BCUT2D eigenvalue weighted by Crippen LogP contribution is -2.30. The number of ether oxygens (including phenoxy) is 1. The number of hydrogen-bond donors (Lipinski definition) is 5. The van der Waals surface area contributed by atoms with Gasteiger partial charge in [-0.3, -0.25) is 19.2 Å². The predicted octanol–water partition coefficient (Wildman–Crippen LogP) is 23.3. The number of rotatable bonds is 21. The van der Waals surface area contributed by atoms with Crippen LogP contribution in [0.25, 0.3) is 55.6 Å². The fourth-order valence-corrected chi connectivity index (χ4v) is 11.6. The zero-order valence-corrected chi connectivity index (χ0v) is 65.2. The van der Waals surface area contributed by atoms with Crippen LogP contribution in [0.15, 0.2) is 213 Å². The molecule has 10 nitrogen and oxygen atoms in total. The van der Waals surface area contributed by atoms with E-state index in [1.54, 1.807) is 66.7 Å². The van der Waals surface area contributed by atoms with Crippen LogP contribution in [0.1, 0.15) is 190 Å². The van der Waals surface area contributed by atoms with E-state index in [1.165, 1.54) is 52.7 Å². The van der Waals surface area contributed by atoms with Crippen LogP contribution in [0, 0.1) is 34.9 Å². The van der Waals surface area contributed by atoms with Gasteiger partial charge in [0.2, 0.25) is 0 Å². The van der Waals surface area contributed by atoms with Crippen molar-refractivity contribution >= 4 is 34.9 Å². The molecular weight excluding hydrogens is 1410 g/mol. The molecule has 0 heterocycles. The molecular formula is C92H97ClF6O10. The quantitative estimate of drug-likeness (QED) is 0.0343. The molecule has 109 heavy (non-hydrogen) atoms. The summed E-state index contributed by atoms with van der Waals surface area (Å²) in [7, 11) is 0. The molecule has 3 unspecified atom stereocenters. The maximum absolute atomic E-state index is 14.5. The number of aliphatic hydroxyl groups excluding tert-OH is 1. The topological polar surface area (TPSA) is 179 Å². The summed E-state index contributed by atoms with van der Waals surface area (Å²) in [5.74, 6) is -5.29. The zero-order chi connectivity index (χ0) is 81.3. The smallest absolute Gasteiger partial charge is 0.307 e. The highest BCUT2D eigenvalue weighted by molar-refractivity contribution is 6.33. The molecule has 3 atom stereocenters. The molecule has 0 aromatic heterocycles. The molecule has 0 fully saturated rings. The largest absolute Gasteiger partial charge is 0.509 e. The first-order valence-electron chi connectivity index (χ1n) is 35.8. The van der Waals surface area contributed by atoms with Gasteiger partial charge in [-0.15, -0.1) is 0 Å². The average molecular weight is 1510 g/mol. The van der Waals surface area contributed by atoms with Crippen LogP contribution >= 0.6 is 11.6 Å². The Morgan fingerprint density at radius 3 is 1.03 bits per heavy atom. The number of carboxylic acid groups (broad SMARTS) is 1. The number of carbonyl (C=O) groups is 4. The first-order valence-corrected chi connectivity index (χ1v) is 36.1. The van der Waals surface area contributed by atoms with Crippen LogP contribution < -0.4 is 4.74 Å². The summed E-state index contributed by atoms with van der Waals surface area (Å²) in [6, 6.07) is 57.1. The van der Waals surface area contributed by atoms with E-state index in [0.29, 0.717) is 44.7 Å². The van der Waals surface area contributed by atoms with Crippen molar-refractivity contribution in [3.8, 4) is 61.4 Å². The summed E-state index contributed by atoms with van der Waals surface area (Å²) in [5, 5.41) is 48.7. The molecule has 10 aromatic carbocycles. The summed E-state index contributed by atoms with van der Waals surface area (Å²) in [6.45, 7) is 31.9. The molecule has 10 rings (SSSR count). The van der Waals surface area contributed by atoms with Gasteiger partial charge >= 0.3 is 5.97 Å². The third-order valence-electron chi connectivity index (χ3n) is 18.8. The Bertz CT molecular complexity index is 4810. The van der Waals surface area contributed by atoms with E-state index in [-0.39, 0.29) is 75.3 Å². The number of carboxylic acids is 1. The predicted molar refractivity (Wildman–Crippen MR) is 424 cm³/mol. The van der Waals surface area contributed by atoms with E-state index in [0.717, 1.165) is 75.3 Å². The van der Waals surface area contributed by atoms with Gasteiger partial charge in [0.1, 0.15) is 69.8 Å². The molecule has 17 heteroatoms. The number of ketones is 3. The summed E-state index contributed by atoms with van der Waals surface area (Å²) in [5.41, 5.74) is 6.99. The van der Waals surface area contributed by atoms with Crippen LogP contribution in [0.3, 0.4) is 0 Å². The minimum atomic E-state index is -1.92. The van der Waals surface area contributed by atoms with Crippen LogP contribution in [0.2, 0.25) is 5.02 Å². The molecule has 0 radical (unpaired) electrons. The van der Waals surface area contributed by atoms with Crippen LogP contribution in [-0.2, 0) is 42.4 Å².